The molecule has 0 bridgehead atoms. The van der Waals surface area contributed by atoms with Gasteiger partial charge in [-0.15, -0.1) is 0 Å². The van der Waals surface area contributed by atoms with Crippen LogP contribution >= 0.6 is 0 Å². The quantitative estimate of drug-likeness (QED) is 0.890. The minimum absolute atomic E-state index is 0.0234. The van der Waals surface area contributed by atoms with Crippen LogP contribution in [-0.4, -0.2) is 25.7 Å². The van der Waals surface area contributed by atoms with Crippen molar-refractivity contribution in [3.8, 4) is 0 Å². The third-order valence-electron chi connectivity index (χ3n) is 2.77. The van der Waals surface area contributed by atoms with Crippen LogP contribution in [0, 0.1) is 0 Å². The third-order valence-corrected chi connectivity index (χ3v) is 2.77. The van der Waals surface area contributed by atoms with E-state index in [1.165, 1.54) is 4.57 Å². The summed E-state index contributed by atoms with van der Waals surface area (Å²) in [5.74, 6) is 0.0401. The molecule has 2 aromatic rings. The van der Waals surface area contributed by atoms with Gasteiger partial charge in [-0.3, -0.25) is 14.3 Å². The number of aromatic amines is 2. The predicted octanol–water partition coefficient (Wildman–Crippen LogP) is 1.32. The van der Waals surface area contributed by atoms with Crippen LogP contribution in [0.2, 0.25) is 0 Å². The van der Waals surface area contributed by atoms with E-state index in [2.05, 4.69) is 15.0 Å². The van der Waals surface area contributed by atoms with Crippen molar-refractivity contribution in [2.75, 3.05) is 0 Å². The maximum atomic E-state index is 12.2. The smallest absolute Gasteiger partial charge is 0.336 e. The van der Waals surface area contributed by atoms with Gasteiger partial charge in [-0.05, 0) is 6.42 Å². The molecule has 0 spiro atoms. The Morgan fingerprint density at radius 3 is 2.55 bits per heavy atom. The number of hydrogen-bond donors (Lipinski definition) is 2. The predicted molar refractivity (Wildman–Crippen MR) is 65.6 cm³/mol. The Morgan fingerprint density at radius 2 is 1.95 bits per heavy atom. The van der Waals surface area contributed by atoms with Crippen molar-refractivity contribution in [3.63, 3.8) is 0 Å². The van der Waals surface area contributed by atoms with Gasteiger partial charge in [-0.25, -0.2) is 9.78 Å². The molecule has 2 N–H and O–H groups in total. The molecular formula is C11H13F3N4O2. The van der Waals surface area contributed by atoms with Crippen molar-refractivity contribution in [3.05, 3.63) is 26.7 Å². The Hall–Kier alpha value is -2.06. The van der Waals surface area contributed by atoms with E-state index < -0.39 is 23.8 Å². The van der Waals surface area contributed by atoms with Gasteiger partial charge >= 0.3 is 11.9 Å². The highest BCUT2D eigenvalue weighted by Gasteiger charge is 2.27. The third kappa shape index (κ3) is 2.91. The number of rotatable bonds is 4. The molecule has 6 nitrogen and oxygen atoms in total. The number of imidazole rings is 1. The van der Waals surface area contributed by atoms with E-state index in [1.807, 2.05) is 6.92 Å². The van der Waals surface area contributed by atoms with Gasteiger partial charge in [0.1, 0.15) is 11.3 Å². The van der Waals surface area contributed by atoms with Gasteiger partial charge in [-0.2, -0.15) is 13.2 Å². The van der Waals surface area contributed by atoms with Gasteiger partial charge in [0.05, 0.1) is 6.42 Å². The number of halogens is 3. The molecular weight excluding hydrogens is 277 g/mol. The molecule has 0 aliphatic rings. The zero-order valence-electron chi connectivity index (χ0n) is 10.7. The topological polar surface area (TPSA) is 83.5 Å². The first-order chi connectivity index (χ1) is 9.31. The highest BCUT2D eigenvalue weighted by molar-refractivity contribution is 5.69. The van der Waals surface area contributed by atoms with Crippen LogP contribution < -0.4 is 11.2 Å². The van der Waals surface area contributed by atoms with E-state index >= 15 is 0 Å². The van der Waals surface area contributed by atoms with E-state index in [4.69, 9.17) is 0 Å². The standard InChI is InChI=1S/C11H13F3N4O2/c1-2-5-18-8-7(9(19)17-10(18)20)15-6(16-8)3-4-11(12,13)14/h2-5H2,1H3,(H,15,16)(H,17,19,20). The Bertz CT molecular complexity index is 726. The van der Waals surface area contributed by atoms with Crippen LogP contribution in [-0.2, 0) is 13.0 Å². The zero-order valence-corrected chi connectivity index (χ0v) is 10.7. The molecule has 0 saturated heterocycles. The largest absolute Gasteiger partial charge is 0.389 e. The Morgan fingerprint density at radius 1 is 1.25 bits per heavy atom. The van der Waals surface area contributed by atoms with Crippen molar-refractivity contribution in [1.29, 1.82) is 0 Å². The van der Waals surface area contributed by atoms with Gasteiger partial charge in [-0.1, -0.05) is 6.92 Å². The molecule has 0 radical (unpaired) electrons. The second-order valence-electron chi connectivity index (χ2n) is 4.41. The van der Waals surface area contributed by atoms with E-state index in [9.17, 15) is 22.8 Å². The number of aromatic nitrogens is 4. The van der Waals surface area contributed by atoms with Crippen molar-refractivity contribution < 1.29 is 13.2 Å². The number of hydrogen-bond acceptors (Lipinski definition) is 3. The lowest BCUT2D eigenvalue weighted by Gasteiger charge is -2.03. The summed E-state index contributed by atoms with van der Waals surface area (Å²) in [4.78, 5) is 31.9. The molecule has 2 rings (SSSR count). The number of nitrogens with zero attached hydrogens (tertiary/aromatic N) is 2. The molecule has 2 heterocycles. The summed E-state index contributed by atoms with van der Waals surface area (Å²) in [6.07, 6.45) is -5.07. The highest BCUT2D eigenvalue weighted by atomic mass is 19.4. The van der Waals surface area contributed by atoms with E-state index in [-0.39, 0.29) is 23.4 Å². The van der Waals surface area contributed by atoms with Gasteiger partial charge < -0.3 is 4.98 Å². The number of fused-ring (bicyclic) bond motifs is 1. The summed E-state index contributed by atoms with van der Waals surface area (Å²) in [5, 5.41) is 0. The molecule has 0 unspecified atom stereocenters. The van der Waals surface area contributed by atoms with E-state index in [0.717, 1.165) is 0 Å². The second-order valence-corrected chi connectivity index (χ2v) is 4.41. The van der Waals surface area contributed by atoms with Gasteiger partial charge in [0.2, 0.25) is 0 Å². The lowest BCUT2D eigenvalue weighted by molar-refractivity contribution is -0.134. The number of alkyl halides is 3. The van der Waals surface area contributed by atoms with Gasteiger partial charge in [0.25, 0.3) is 5.56 Å². The Labute approximate surface area is 110 Å². The first kappa shape index (κ1) is 14.4. The minimum Gasteiger partial charge on any atom is -0.336 e. The average molecular weight is 290 g/mol. The molecule has 110 valence electrons. The summed E-state index contributed by atoms with van der Waals surface area (Å²) in [6, 6.07) is 0. The fourth-order valence-electron chi connectivity index (χ4n) is 1.90. The van der Waals surface area contributed by atoms with Crippen molar-refractivity contribution in [2.24, 2.45) is 0 Å². The molecule has 0 aliphatic carbocycles. The van der Waals surface area contributed by atoms with Crippen LogP contribution in [0.4, 0.5) is 13.2 Å². The molecule has 0 aromatic carbocycles. The van der Waals surface area contributed by atoms with Crippen LogP contribution in [0.1, 0.15) is 25.6 Å². The lowest BCUT2D eigenvalue weighted by atomic mass is 10.3. The Balaban J connectivity index is 2.47. The molecule has 0 fully saturated rings. The number of nitrogens with one attached hydrogen (secondary N) is 2. The maximum absolute atomic E-state index is 12.2. The average Bonchev–Trinajstić information content (AvgIpc) is 2.75. The highest BCUT2D eigenvalue weighted by Crippen LogP contribution is 2.21. The molecule has 20 heavy (non-hydrogen) atoms. The fourth-order valence-corrected chi connectivity index (χ4v) is 1.90. The van der Waals surface area contributed by atoms with Crippen molar-refractivity contribution >= 4 is 11.2 Å². The normalized spacial score (nSPS) is 12.2. The van der Waals surface area contributed by atoms with Gasteiger partial charge in [0, 0.05) is 13.0 Å². The number of H-pyrrole nitrogens is 2. The monoisotopic (exact) mass is 290 g/mol. The van der Waals surface area contributed by atoms with E-state index in [0.29, 0.717) is 13.0 Å². The molecule has 0 atom stereocenters. The second kappa shape index (κ2) is 5.14. The van der Waals surface area contributed by atoms with Crippen LogP contribution in [0.3, 0.4) is 0 Å². The summed E-state index contributed by atoms with van der Waals surface area (Å²) < 4.78 is 37.8. The van der Waals surface area contributed by atoms with Crippen LogP contribution in [0.25, 0.3) is 11.2 Å². The van der Waals surface area contributed by atoms with Crippen molar-refractivity contribution in [1.82, 2.24) is 19.5 Å². The number of aryl methyl sites for hydroxylation is 2. The van der Waals surface area contributed by atoms with Crippen LogP contribution in [0.15, 0.2) is 9.59 Å². The molecule has 2 aromatic heterocycles. The molecule has 0 amide bonds. The summed E-state index contributed by atoms with van der Waals surface area (Å²) >= 11 is 0. The summed E-state index contributed by atoms with van der Waals surface area (Å²) in [5.41, 5.74) is -1.17. The van der Waals surface area contributed by atoms with Crippen LogP contribution in [0.5, 0.6) is 0 Å². The lowest BCUT2D eigenvalue weighted by Crippen LogP contribution is -2.30. The van der Waals surface area contributed by atoms with Crippen molar-refractivity contribution in [2.45, 2.75) is 38.9 Å². The first-order valence-corrected chi connectivity index (χ1v) is 6.10. The molecule has 0 saturated carbocycles. The van der Waals surface area contributed by atoms with E-state index in [1.54, 1.807) is 0 Å². The van der Waals surface area contributed by atoms with Gasteiger partial charge in [0.15, 0.2) is 5.65 Å². The maximum Gasteiger partial charge on any atom is 0.389 e. The fraction of sp³-hybridized carbons (Fsp3) is 0.545. The summed E-state index contributed by atoms with van der Waals surface area (Å²) in [6.45, 7) is 2.16. The minimum atomic E-state index is -4.30. The first-order valence-electron chi connectivity index (χ1n) is 6.10. The zero-order chi connectivity index (χ0) is 14.9. The molecule has 0 aliphatic heterocycles. The molecule has 9 heteroatoms. The SMILES string of the molecule is CCCn1c(=O)[nH]c(=O)c2[nH]c(CCC(F)(F)F)nc21. The summed E-state index contributed by atoms with van der Waals surface area (Å²) in [7, 11) is 0. The Kier molecular flexibility index (Phi) is 3.69.